The van der Waals surface area contributed by atoms with Gasteiger partial charge in [-0.25, -0.2) is 0 Å². The Hall–Kier alpha value is -1.75. The Balaban J connectivity index is 2.06. The number of ether oxygens (including phenoxy) is 2. The first-order valence-electron chi connectivity index (χ1n) is 7.08. The highest BCUT2D eigenvalue weighted by molar-refractivity contribution is 5.95. The molecule has 2 unspecified atom stereocenters. The van der Waals surface area contributed by atoms with Gasteiger partial charge in [-0.1, -0.05) is 20.3 Å². The van der Waals surface area contributed by atoms with Gasteiger partial charge in [0.1, 0.15) is 0 Å². The molecular formula is C15H22N2O3. The molecule has 0 fully saturated rings. The van der Waals surface area contributed by atoms with Gasteiger partial charge in [-0.2, -0.15) is 0 Å². The van der Waals surface area contributed by atoms with Crippen LogP contribution in [0.2, 0.25) is 0 Å². The number of fused-ring (bicyclic) bond motifs is 1. The van der Waals surface area contributed by atoms with Gasteiger partial charge in [-0.15, -0.1) is 0 Å². The van der Waals surface area contributed by atoms with Gasteiger partial charge in [0, 0.05) is 18.2 Å². The predicted molar refractivity (Wildman–Crippen MR) is 78.1 cm³/mol. The second-order valence-corrected chi connectivity index (χ2v) is 5.11. The zero-order valence-corrected chi connectivity index (χ0v) is 12.0. The summed E-state index contributed by atoms with van der Waals surface area (Å²) in [5.41, 5.74) is 6.59. The highest BCUT2D eigenvalue weighted by Gasteiger charge is 2.20. The molecule has 1 aromatic carbocycles. The van der Waals surface area contributed by atoms with Crippen LogP contribution < -0.4 is 20.5 Å². The molecule has 5 heteroatoms. The van der Waals surface area contributed by atoms with Crippen molar-refractivity contribution in [3.05, 3.63) is 18.2 Å². The number of rotatable bonds is 4. The molecule has 2 atom stereocenters. The van der Waals surface area contributed by atoms with Crippen molar-refractivity contribution in [2.45, 2.75) is 32.7 Å². The Morgan fingerprint density at radius 2 is 2.05 bits per heavy atom. The van der Waals surface area contributed by atoms with Gasteiger partial charge >= 0.3 is 0 Å². The van der Waals surface area contributed by atoms with Crippen LogP contribution in [0.25, 0.3) is 0 Å². The van der Waals surface area contributed by atoms with Gasteiger partial charge in [0.25, 0.3) is 0 Å². The van der Waals surface area contributed by atoms with Gasteiger partial charge in [-0.3, -0.25) is 4.79 Å². The third-order valence-electron chi connectivity index (χ3n) is 3.57. The van der Waals surface area contributed by atoms with Crippen LogP contribution >= 0.6 is 0 Å². The molecule has 3 N–H and O–H groups in total. The Labute approximate surface area is 119 Å². The maximum Gasteiger partial charge on any atom is 0.241 e. The minimum Gasteiger partial charge on any atom is -0.490 e. The summed E-state index contributed by atoms with van der Waals surface area (Å²) in [7, 11) is 0. The van der Waals surface area contributed by atoms with Crippen LogP contribution in [0.15, 0.2) is 18.2 Å². The maximum absolute atomic E-state index is 12.0. The molecule has 0 saturated carbocycles. The fourth-order valence-corrected chi connectivity index (χ4v) is 1.98. The number of nitrogens with one attached hydrogen (secondary N) is 1. The third-order valence-corrected chi connectivity index (χ3v) is 3.57. The van der Waals surface area contributed by atoms with E-state index in [-0.39, 0.29) is 11.8 Å². The number of carbonyl (C=O) groups excluding carboxylic acids is 1. The molecule has 0 spiro atoms. The van der Waals surface area contributed by atoms with Gasteiger partial charge in [0.2, 0.25) is 5.91 Å². The Morgan fingerprint density at radius 3 is 2.75 bits per heavy atom. The summed E-state index contributed by atoms with van der Waals surface area (Å²) in [6.07, 6.45) is 1.73. The van der Waals surface area contributed by atoms with Crippen LogP contribution in [0.4, 0.5) is 5.69 Å². The second-order valence-electron chi connectivity index (χ2n) is 5.11. The fourth-order valence-electron chi connectivity index (χ4n) is 1.98. The van der Waals surface area contributed by atoms with Crippen molar-refractivity contribution in [2.24, 2.45) is 11.7 Å². The standard InChI is InChI=1S/C15H22N2O3/c1-3-10(2)14(16)15(18)17-11-5-6-12-13(9-11)20-8-4-7-19-12/h5-6,9-10,14H,3-4,7-8,16H2,1-2H3,(H,17,18). The lowest BCUT2D eigenvalue weighted by Crippen LogP contribution is -2.40. The lowest BCUT2D eigenvalue weighted by atomic mass is 9.99. The van der Waals surface area contributed by atoms with E-state index in [0.717, 1.165) is 12.8 Å². The van der Waals surface area contributed by atoms with Crippen molar-refractivity contribution < 1.29 is 14.3 Å². The van der Waals surface area contributed by atoms with Crippen LogP contribution in [-0.2, 0) is 4.79 Å². The summed E-state index contributed by atoms with van der Waals surface area (Å²) in [6.45, 7) is 5.26. The molecule has 0 radical (unpaired) electrons. The summed E-state index contributed by atoms with van der Waals surface area (Å²) < 4.78 is 11.1. The number of hydrogen-bond acceptors (Lipinski definition) is 4. The van der Waals surface area contributed by atoms with E-state index in [1.807, 2.05) is 19.9 Å². The fraction of sp³-hybridized carbons (Fsp3) is 0.533. The quantitative estimate of drug-likeness (QED) is 0.885. The molecule has 5 nitrogen and oxygen atoms in total. The Bertz CT molecular complexity index is 476. The van der Waals surface area contributed by atoms with E-state index in [2.05, 4.69) is 5.32 Å². The summed E-state index contributed by atoms with van der Waals surface area (Å²) in [5, 5.41) is 2.83. The normalized spacial score (nSPS) is 16.9. The third kappa shape index (κ3) is 3.42. The molecule has 0 bridgehead atoms. The lowest BCUT2D eigenvalue weighted by Gasteiger charge is -2.18. The van der Waals surface area contributed by atoms with Crippen molar-refractivity contribution in [2.75, 3.05) is 18.5 Å². The topological polar surface area (TPSA) is 73.6 Å². The van der Waals surface area contributed by atoms with Crippen LogP contribution in [0.1, 0.15) is 26.7 Å². The highest BCUT2D eigenvalue weighted by atomic mass is 16.5. The van der Waals surface area contributed by atoms with Gasteiger partial charge < -0.3 is 20.5 Å². The van der Waals surface area contributed by atoms with E-state index < -0.39 is 6.04 Å². The maximum atomic E-state index is 12.0. The van der Waals surface area contributed by atoms with Gasteiger partial charge in [-0.05, 0) is 18.1 Å². The van der Waals surface area contributed by atoms with E-state index in [0.29, 0.717) is 30.4 Å². The SMILES string of the molecule is CCC(C)C(N)C(=O)Nc1ccc2c(c1)OCCCO2. The molecule has 20 heavy (non-hydrogen) atoms. The lowest BCUT2D eigenvalue weighted by molar-refractivity contribution is -0.118. The Morgan fingerprint density at radius 1 is 1.35 bits per heavy atom. The smallest absolute Gasteiger partial charge is 0.241 e. The molecule has 0 aromatic heterocycles. The Kier molecular flexibility index (Phi) is 4.84. The number of nitrogens with two attached hydrogens (primary N) is 1. The molecule has 0 saturated heterocycles. The molecule has 2 rings (SSSR count). The molecule has 110 valence electrons. The molecule has 1 aliphatic heterocycles. The molecule has 1 heterocycles. The van der Waals surface area contributed by atoms with E-state index in [1.165, 1.54) is 0 Å². The molecular weight excluding hydrogens is 256 g/mol. The van der Waals surface area contributed by atoms with Crippen molar-refractivity contribution in [1.82, 2.24) is 0 Å². The van der Waals surface area contributed by atoms with Crippen molar-refractivity contribution in [3.8, 4) is 11.5 Å². The molecule has 1 aromatic rings. The number of anilines is 1. The van der Waals surface area contributed by atoms with E-state index in [9.17, 15) is 4.79 Å². The predicted octanol–water partition coefficient (Wildman–Crippen LogP) is 2.16. The first-order valence-corrected chi connectivity index (χ1v) is 7.08. The number of benzene rings is 1. The largest absolute Gasteiger partial charge is 0.490 e. The molecule has 0 aliphatic carbocycles. The van der Waals surface area contributed by atoms with Gasteiger partial charge in [0.15, 0.2) is 11.5 Å². The summed E-state index contributed by atoms with van der Waals surface area (Å²) in [6, 6.07) is 4.89. The number of hydrogen-bond donors (Lipinski definition) is 2. The first-order chi connectivity index (χ1) is 9.61. The monoisotopic (exact) mass is 278 g/mol. The zero-order chi connectivity index (χ0) is 14.5. The zero-order valence-electron chi connectivity index (χ0n) is 12.0. The average Bonchev–Trinajstić information content (AvgIpc) is 2.70. The molecule has 1 amide bonds. The minimum absolute atomic E-state index is 0.149. The summed E-state index contributed by atoms with van der Waals surface area (Å²) in [5.74, 6) is 1.35. The van der Waals surface area contributed by atoms with Crippen LogP contribution in [-0.4, -0.2) is 25.2 Å². The number of amides is 1. The van der Waals surface area contributed by atoms with Crippen LogP contribution in [0.5, 0.6) is 11.5 Å². The van der Waals surface area contributed by atoms with Gasteiger partial charge in [0.05, 0.1) is 19.3 Å². The summed E-state index contributed by atoms with van der Waals surface area (Å²) in [4.78, 5) is 12.0. The number of carbonyl (C=O) groups is 1. The van der Waals surface area contributed by atoms with Crippen molar-refractivity contribution >= 4 is 11.6 Å². The highest BCUT2D eigenvalue weighted by Crippen LogP contribution is 2.32. The van der Waals surface area contributed by atoms with E-state index >= 15 is 0 Å². The second kappa shape index (κ2) is 6.61. The summed E-state index contributed by atoms with van der Waals surface area (Å²) >= 11 is 0. The van der Waals surface area contributed by atoms with E-state index in [4.69, 9.17) is 15.2 Å². The molecule has 1 aliphatic rings. The van der Waals surface area contributed by atoms with Crippen LogP contribution in [0.3, 0.4) is 0 Å². The van der Waals surface area contributed by atoms with Crippen molar-refractivity contribution in [3.63, 3.8) is 0 Å². The van der Waals surface area contributed by atoms with Crippen molar-refractivity contribution in [1.29, 1.82) is 0 Å². The van der Waals surface area contributed by atoms with E-state index in [1.54, 1.807) is 12.1 Å². The average molecular weight is 278 g/mol. The minimum atomic E-state index is -0.504. The van der Waals surface area contributed by atoms with Crippen LogP contribution in [0, 0.1) is 5.92 Å². The first kappa shape index (κ1) is 14.7.